The Labute approximate surface area is 180 Å². The minimum Gasteiger partial charge on any atom is -0.334 e. The molecular formula is C25H24N4O2. The maximum Gasteiger partial charge on any atom is 0.318 e. The normalized spacial score (nSPS) is 10.7. The Morgan fingerprint density at radius 3 is 2.58 bits per heavy atom. The van der Waals surface area contributed by atoms with Crippen LogP contribution in [-0.4, -0.2) is 20.9 Å². The van der Waals surface area contributed by atoms with E-state index < -0.39 is 0 Å². The van der Waals surface area contributed by atoms with Gasteiger partial charge in [0, 0.05) is 31.0 Å². The summed E-state index contributed by atoms with van der Waals surface area (Å²) in [6.45, 7) is 2.91. The molecular weight excluding hydrogens is 388 g/mol. The summed E-state index contributed by atoms with van der Waals surface area (Å²) < 4.78 is 0. The van der Waals surface area contributed by atoms with Gasteiger partial charge in [0.05, 0.1) is 12.1 Å². The van der Waals surface area contributed by atoms with Gasteiger partial charge in [-0.15, -0.1) is 0 Å². The molecule has 0 spiro atoms. The van der Waals surface area contributed by atoms with E-state index in [1.165, 1.54) is 0 Å². The van der Waals surface area contributed by atoms with Crippen molar-refractivity contribution in [1.82, 2.24) is 20.2 Å². The first-order chi connectivity index (χ1) is 15.1. The second-order valence-electron chi connectivity index (χ2n) is 7.52. The van der Waals surface area contributed by atoms with Gasteiger partial charge < -0.3 is 15.2 Å². The van der Waals surface area contributed by atoms with E-state index in [4.69, 9.17) is 0 Å². The third-order valence-electron chi connectivity index (χ3n) is 5.20. The lowest BCUT2D eigenvalue weighted by molar-refractivity contribution is 0.191. The number of rotatable bonds is 6. The van der Waals surface area contributed by atoms with Crippen molar-refractivity contribution in [2.24, 2.45) is 0 Å². The Kier molecular flexibility index (Phi) is 6.08. The van der Waals surface area contributed by atoms with E-state index in [0.717, 1.165) is 27.6 Å². The van der Waals surface area contributed by atoms with Crippen molar-refractivity contribution in [3.63, 3.8) is 0 Å². The van der Waals surface area contributed by atoms with E-state index in [1.54, 1.807) is 17.3 Å². The highest BCUT2D eigenvalue weighted by molar-refractivity contribution is 5.82. The van der Waals surface area contributed by atoms with Gasteiger partial charge in [0.15, 0.2) is 0 Å². The zero-order valence-corrected chi connectivity index (χ0v) is 17.3. The van der Waals surface area contributed by atoms with Crippen molar-refractivity contribution in [1.29, 1.82) is 0 Å². The Morgan fingerprint density at radius 2 is 1.81 bits per heavy atom. The number of pyridine rings is 2. The van der Waals surface area contributed by atoms with Crippen LogP contribution in [0.1, 0.15) is 22.3 Å². The standard InChI is InChI=1S/C25H24N4O2/c1-18-7-5-11-21-13-22(24(30)28-23(18)21)17-29(16-20-10-6-12-26-14-20)25(31)27-15-19-8-3-2-4-9-19/h2-14H,15-17H2,1H3,(H,27,31)(H,28,30). The van der Waals surface area contributed by atoms with Crippen LogP contribution in [0.25, 0.3) is 10.9 Å². The molecule has 0 aliphatic heterocycles. The smallest absolute Gasteiger partial charge is 0.318 e. The van der Waals surface area contributed by atoms with Crippen LogP contribution >= 0.6 is 0 Å². The molecule has 0 saturated carbocycles. The predicted octanol–water partition coefficient (Wildman–Crippen LogP) is 4.14. The molecule has 0 radical (unpaired) electrons. The van der Waals surface area contributed by atoms with Crippen molar-refractivity contribution < 1.29 is 4.79 Å². The van der Waals surface area contributed by atoms with Crippen LogP contribution in [0.4, 0.5) is 4.79 Å². The summed E-state index contributed by atoms with van der Waals surface area (Å²) in [7, 11) is 0. The average Bonchev–Trinajstić information content (AvgIpc) is 2.79. The first-order valence-electron chi connectivity index (χ1n) is 10.2. The minimum absolute atomic E-state index is 0.186. The number of urea groups is 1. The van der Waals surface area contributed by atoms with Crippen molar-refractivity contribution in [2.75, 3.05) is 0 Å². The quantitative estimate of drug-likeness (QED) is 0.500. The van der Waals surface area contributed by atoms with Crippen molar-refractivity contribution >= 4 is 16.9 Å². The Morgan fingerprint density at radius 1 is 1.00 bits per heavy atom. The molecule has 0 atom stereocenters. The van der Waals surface area contributed by atoms with Crippen LogP contribution in [0, 0.1) is 6.92 Å². The number of carbonyl (C=O) groups is 1. The Hall–Kier alpha value is -3.93. The topological polar surface area (TPSA) is 78.1 Å². The monoisotopic (exact) mass is 412 g/mol. The summed E-state index contributed by atoms with van der Waals surface area (Å²) in [4.78, 5) is 34.5. The molecule has 0 unspecified atom stereocenters. The van der Waals surface area contributed by atoms with E-state index in [1.807, 2.05) is 73.7 Å². The number of aromatic amines is 1. The van der Waals surface area contributed by atoms with Crippen LogP contribution in [0.15, 0.2) is 83.9 Å². The molecule has 31 heavy (non-hydrogen) atoms. The molecule has 2 aromatic heterocycles. The van der Waals surface area contributed by atoms with Crippen LogP contribution in [-0.2, 0) is 19.6 Å². The lowest BCUT2D eigenvalue weighted by atomic mass is 10.1. The van der Waals surface area contributed by atoms with Gasteiger partial charge in [0.25, 0.3) is 5.56 Å². The Balaban J connectivity index is 1.59. The lowest BCUT2D eigenvalue weighted by Crippen LogP contribution is -2.39. The first kappa shape index (κ1) is 20.3. The number of benzene rings is 2. The maximum absolute atomic E-state index is 13.0. The summed E-state index contributed by atoms with van der Waals surface area (Å²) in [6.07, 6.45) is 3.42. The zero-order chi connectivity index (χ0) is 21.6. The zero-order valence-electron chi connectivity index (χ0n) is 17.3. The third-order valence-corrected chi connectivity index (χ3v) is 5.20. The van der Waals surface area contributed by atoms with Gasteiger partial charge in [0.2, 0.25) is 0 Å². The number of aromatic nitrogens is 2. The first-order valence-corrected chi connectivity index (χ1v) is 10.2. The number of nitrogens with zero attached hydrogens (tertiary/aromatic N) is 2. The summed E-state index contributed by atoms with van der Waals surface area (Å²) in [6, 6.07) is 21.0. The molecule has 0 aliphatic rings. The maximum atomic E-state index is 13.0. The van der Waals surface area contributed by atoms with Gasteiger partial charge in [-0.25, -0.2) is 4.79 Å². The molecule has 6 heteroatoms. The Bertz CT molecular complexity index is 1240. The minimum atomic E-state index is -0.239. The largest absolute Gasteiger partial charge is 0.334 e. The molecule has 0 fully saturated rings. The second kappa shape index (κ2) is 9.26. The van der Waals surface area contributed by atoms with Gasteiger partial charge in [-0.1, -0.05) is 54.6 Å². The molecule has 2 heterocycles. The third kappa shape index (κ3) is 4.98. The second-order valence-corrected chi connectivity index (χ2v) is 7.52. The van der Waals surface area contributed by atoms with E-state index >= 15 is 0 Å². The molecule has 6 nitrogen and oxygen atoms in total. The van der Waals surface area contributed by atoms with E-state index in [-0.39, 0.29) is 18.1 Å². The van der Waals surface area contributed by atoms with Crippen molar-refractivity contribution in [2.45, 2.75) is 26.6 Å². The number of H-pyrrole nitrogens is 1. The fraction of sp³-hybridized carbons (Fsp3) is 0.160. The van der Waals surface area contributed by atoms with Gasteiger partial charge >= 0.3 is 6.03 Å². The summed E-state index contributed by atoms with van der Waals surface area (Å²) >= 11 is 0. The van der Waals surface area contributed by atoms with E-state index in [0.29, 0.717) is 18.7 Å². The SMILES string of the molecule is Cc1cccc2cc(CN(Cc3cccnc3)C(=O)NCc3ccccc3)c(=O)[nH]c12. The number of carbonyl (C=O) groups excluding carboxylic acids is 1. The van der Waals surface area contributed by atoms with Crippen LogP contribution in [0.3, 0.4) is 0 Å². The number of para-hydroxylation sites is 1. The number of fused-ring (bicyclic) bond motifs is 1. The van der Waals surface area contributed by atoms with Crippen LogP contribution in [0.5, 0.6) is 0 Å². The van der Waals surface area contributed by atoms with Crippen LogP contribution < -0.4 is 10.9 Å². The van der Waals surface area contributed by atoms with Crippen molar-refractivity contribution in [3.05, 3.63) is 112 Å². The van der Waals surface area contributed by atoms with Gasteiger partial charge in [-0.2, -0.15) is 0 Å². The van der Waals surface area contributed by atoms with E-state index in [2.05, 4.69) is 15.3 Å². The number of aryl methyl sites for hydroxylation is 1. The molecule has 0 bridgehead atoms. The van der Waals surface area contributed by atoms with Gasteiger partial charge in [-0.3, -0.25) is 9.78 Å². The van der Waals surface area contributed by atoms with E-state index in [9.17, 15) is 9.59 Å². The predicted molar refractivity (Wildman–Crippen MR) is 121 cm³/mol. The fourth-order valence-corrected chi connectivity index (χ4v) is 3.55. The van der Waals surface area contributed by atoms with Crippen molar-refractivity contribution in [3.8, 4) is 0 Å². The fourth-order valence-electron chi connectivity index (χ4n) is 3.55. The number of hydrogen-bond donors (Lipinski definition) is 2. The summed E-state index contributed by atoms with van der Waals surface area (Å²) in [5, 5.41) is 3.90. The molecule has 4 rings (SSSR count). The lowest BCUT2D eigenvalue weighted by Gasteiger charge is -2.23. The highest BCUT2D eigenvalue weighted by Crippen LogP contribution is 2.16. The summed E-state index contributed by atoms with van der Waals surface area (Å²) in [5.41, 5.74) is 4.09. The summed E-state index contributed by atoms with van der Waals surface area (Å²) in [5.74, 6) is 0. The molecule has 156 valence electrons. The average molecular weight is 412 g/mol. The van der Waals surface area contributed by atoms with Gasteiger partial charge in [-0.05, 0) is 41.1 Å². The highest BCUT2D eigenvalue weighted by atomic mass is 16.2. The number of amides is 2. The molecule has 4 aromatic rings. The number of nitrogens with one attached hydrogen (secondary N) is 2. The highest BCUT2D eigenvalue weighted by Gasteiger charge is 2.17. The van der Waals surface area contributed by atoms with Crippen LogP contribution in [0.2, 0.25) is 0 Å². The molecule has 2 N–H and O–H groups in total. The molecule has 2 aromatic carbocycles. The molecule has 0 aliphatic carbocycles. The van der Waals surface area contributed by atoms with Gasteiger partial charge in [0.1, 0.15) is 0 Å². The molecule has 0 saturated heterocycles. The number of hydrogen-bond acceptors (Lipinski definition) is 3. The molecule has 2 amide bonds.